The number of carbonyl (C=O) groups is 2. The largest absolute Gasteiger partial charge is 0.444 e. The topological polar surface area (TPSA) is 112 Å². The zero-order chi connectivity index (χ0) is 30.8. The van der Waals surface area contributed by atoms with Gasteiger partial charge < -0.3 is 19.9 Å². The minimum Gasteiger partial charge on any atom is -0.444 e. The number of nitrogens with zero attached hydrogens (tertiary/aromatic N) is 6. The van der Waals surface area contributed by atoms with Gasteiger partial charge in [-0.2, -0.15) is 4.98 Å². The minimum absolute atomic E-state index is 0.109. The molecule has 3 aliphatic heterocycles. The Bertz CT molecular complexity index is 1840. The Balaban J connectivity index is 1.21. The number of pyridine rings is 1. The predicted octanol–water partition coefficient (Wildman–Crippen LogP) is 4.26. The van der Waals surface area contributed by atoms with Gasteiger partial charge >= 0.3 is 6.09 Å². The van der Waals surface area contributed by atoms with Gasteiger partial charge in [-0.15, -0.1) is 11.3 Å². The molecule has 1 aromatic carbocycles. The molecular formula is C32H39N7O4S. The number of hydrogen-bond donors (Lipinski definition) is 1. The highest BCUT2D eigenvalue weighted by Gasteiger charge is 2.45. The van der Waals surface area contributed by atoms with E-state index in [1.165, 1.54) is 24.2 Å². The summed E-state index contributed by atoms with van der Waals surface area (Å²) in [5.41, 5.74) is 0.757. The van der Waals surface area contributed by atoms with Crippen LogP contribution in [0.25, 0.3) is 26.1 Å². The van der Waals surface area contributed by atoms with Crippen molar-refractivity contribution in [2.45, 2.75) is 70.1 Å². The molecule has 12 heteroatoms. The van der Waals surface area contributed by atoms with Gasteiger partial charge in [0.05, 0.1) is 15.6 Å². The number of benzene rings is 1. The Labute approximate surface area is 259 Å². The van der Waals surface area contributed by atoms with Gasteiger partial charge in [-0.05, 0) is 78.6 Å². The number of piperidine rings is 1. The molecule has 44 heavy (non-hydrogen) atoms. The number of carbonyl (C=O) groups excluding carboxylic acids is 2. The van der Waals surface area contributed by atoms with Crippen molar-refractivity contribution in [1.82, 2.24) is 29.5 Å². The summed E-state index contributed by atoms with van der Waals surface area (Å²) in [7, 11) is 2.20. The number of nitrogens with one attached hydrogen (secondary N) is 1. The number of ether oxygens (including phenoxy) is 1. The van der Waals surface area contributed by atoms with E-state index in [9.17, 15) is 14.4 Å². The summed E-state index contributed by atoms with van der Waals surface area (Å²) in [5.74, 6) is 0.207. The van der Waals surface area contributed by atoms with E-state index in [0.717, 1.165) is 36.3 Å². The van der Waals surface area contributed by atoms with Crippen LogP contribution in [-0.4, -0.2) is 93.1 Å². The van der Waals surface area contributed by atoms with Gasteiger partial charge in [0.2, 0.25) is 11.4 Å². The molecule has 0 bridgehead atoms. The third-order valence-electron chi connectivity index (χ3n) is 9.44. The first kappa shape index (κ1) is 29.0. The molecular weight excluding hydrogens is 578 g/mol. The SMILES string of the molecule is CN1CCCC12CCN(c1ncc3c(=O)c(C(=O)NC4CCN(C(=O)OC(C)(C)C)CC4)c4sc5ccccc5n4c3n1)C2. The summed E-state index contributed by atoms with van der Waals surface area (Å²) in [5, 5.41) is 3.42. The lowest BCUT2D eigenvalue weighted by molar-refractivity contribution is 0.0199. The van der Waals surface area contributed by atoms with Crippen molar-refractivity contribution in [3.8, 4) is 0 Å². The average molecular weight is 618 g/mol. The summed E-state index contributed by atoms with van der Waals surface area (Å²) in [6.07, 6.45) is 5.85. The summed E-state index contributed by atoms with van der Waals surface area (Å²) in [6.45, 7) is 9.32. The Morgan fingerprint density at radius 1 is 1.09 bits per heavy atom. The van der Waals surface area contributed by atoms with Gasteiger partial charge in [0.15, 0.2) is 5.65 Å². The number of thiazole rings is 1. The molecule has 3 aliphatic rings. The molecule has 2 amide bonds. The Hall–Kier alpha value is -3.77. The van der Waals surface area contributed by atoms with Crippen molar-refractivity contribution in [2.24, 2.45) is 0 Å². The van der Waals surface area contributed by atoms with Crippen LogP contribution in [-0.2, 0) is 4.74 Å². The van der Waals surface area contributed by atoms with Crippen LogP contribution in [0.4, 0.5) is 10.7 Å². The maximum Gasteiger partial charge on any atom is 0.410 e. The molecule has 6 heterocycles. The summed E-state index contributed by atoms with van der Waals surface area (Å²) in [6, 6.07) is 7.74. The van der Waals surface area contributed by atoms with Crippen LogP contribution in [0.3, 0.4) is 0 Å². The molecule has 1 atom stereocenters. The maximum absolute atomic E-state index is 14.0. The van der Waals surface area contributed by atoms with Crippen LogP contribution >= 0.6 is 11.3 Å². The number of aromatic nitrogens is 3. The molecule has 0 saturated carbocycles. The van der Waals surface area contributed by atoms with Crippen molar-refractivity contribution < 1.29 is 14.3 Å². The van der Waals surface area contributed by atoms with E-state index in [2.05, 4.69) is 27.1 Å². The van der Waals surface area contributed by atoms with Crippen LogP contribution in [0.15, 0.2) is 35.3 Å². The summed E-state index contributed by atoms with van der Waals surface area (Å²) < 4.78 is 8.42. The quantitative estimate of drug-likeness (QED) is 0.363. The van der Waals surface area contributed by atoms with E-state index >= 15 is 0 Å². The molecule has 232 valence electrons. The van der Waals surface area contributed by atoms with E-state index in [1.54, 1.807) is 11.1 Å². The molecule has 3 saturated heterocycles. The fraction of sp³-hybridized carbons (Fsp3) is 0.531. The number of rotatable bonds is 3. The van der Waals surface area contributed by atoms with Gasteiger partial charge in [0.25, 0.3) is 5.91 Å². The van der Waals surface area contributed by atoms with Crippen LogP contribution in [0, 0.1) is 0 Å². The highest BCUT2D eigenvalue weighted by molar-refractivity contribution is 7.24. The Morgan fingerprint density at radius 3 is 2.59 bits per heavy atom. The lowest BCUT2D eigenvalue weighted by Gasteiger charge is -2.33. The monoisotopic (exact) mass is 617 g/mol. The van der Waals surface area contributed by atoms with Gasteiger partial charge in [0.1, 0.15) is 16.0 Å². The number of para-hydroxylation sites is 1. The van der Waals surface area contributed by atoms with E-state index < -0.39 is 11.5 Å². The zero-order valence-corrected chi connectivity index (χ0v) is 26.6. The third-order valence-corrected chi connectivity index (χ3v) is 10.6. The molecule has 1 spiro atoms. The number of amides is 2. The summed E-state index contributed by atoms with van der Waals surface area (Å²) >= 11 is 1.42. The van der Waals surface area contributed by atoms with Crippen LogP contribution in [0.5, 0.6) is 0 Å². The standard InChI is InChI=1S/C32H39N7O4S/c1-31(2,3)43-30(42)37-15-10-20(11-16-37)34-27(41)24-25(40)21-18-33-29(38-17-13-32(19-38)12-7-14-36(32)4)35-26(21)39-22-8-5-6-9-23(22)44-28(24)39/h5-6,8-9,18,20H,7,10-17,19H2,1-4H3,(H,34,41). The second kappa shape index (κ2) is 10.7. The normalized spacial score (nSPS) is 21.7. The third kappa shape index (κ3) is 4.97. The molecule has 11 nitrogen and oxygen atoms in total. The van der Waals surface area contributed by atoms with Gasteiger partial charge in [-0.1, -0.05) is 12.1 Å². The average Bonchev–Trinajstić information content (AvgIpc) is 3.69. The highest BCUT2D eigenvalue weighted by atomic mass is 32.1. The van der Waals surface area contributed by atoms with Crippen molar-refractivity contribution in [3.05, 3.63) is 46.2 Å². The van der Waals surface area contributed by atoms with E-state index in [4.69, 9.17) is 9.72 Å². The first-order valence-electron chi connectivity index (χ1n) is 15.5. The van der Waals surface area contributed by atoms with Crippen molar-refractivity contribution in [1.29, 1.82) is 0 Å². The smallest absolute Gasteiger partial charge is 0.410 e. The van der Waals surface area contributed by atoms with Crippen molar-refractivity contribution >= 4 is 55.4 Å². The highest BCUT2D eigenvalue weighted by Crippen LogP contribution is 2.38. The number of likely N-dealkylation sites (N-methyl/N-ethyl adjacent to an activating group) is 1. The maximum atomic E-state index is 14.0. The van der Waals surface area contributed by atoms with Crippen LogP contribution in [0.1, 0.15) is 63.2 Å². The number of likely N-dealkylation sites (tertiary alicyclic amines) is 2. The molecule has 4 aromatic rings. The molecule has 1 unspecified atom stereocenters. The van der Waals surface area contributed by atoms with Gasteiger partial charge in [-0.25, -0.2) is 9.78 Å². The van der Waals surface area contributed by atoms with Gasteiger partial charge in [0, 0.05) is 44.0 Å². The molecule has 0 aliphatic carbocycles. The number of fused-ring (bicyclic) bond motifs is 5. The molecule has 7 rings (SSSR count). The fourth-order valence-electron chi connectivity index (χ4n) is 7.05. The first-order valence-corrected chi connectivity index (χ1v) is 16.3. The number of anilines is 1. The molecule has 1 N–H and O–H groups in total. The summed E-state index contributed by atoms with van der Waals surface area (Å²) in [4.78, 5) is 57.0. The molecule has 3 fully saturated rings. The minimum atomic E-state index is -0.566. The lowest BCUT2D eigenvalue weighted by Crippen LogP contribution is -2.48. The lowest BCUT2D eigenvalue weighted by atomic mass is 9.96. The van der Waals surface area contributed by atoms with Crippen molar-refractivity contribution in [2.75, 3.05) is 44.7 Å². The van der Waals surface area contributed by atoms with E-state index in [1.807, 2.05) is 49.4 Å². The van der Waals surface area contributed by atoms with Gasteiger partial charge in [-0.3, -0.25) is 18.9 Å². The molecule has 0 radical (unpaired) electrons. The predicted molar refractivity (Wildman–Crippen MR) is 172 cm³/mol. The Kier molecular flexibility index (Phi) is 7.04. The van der Waals surface area contributed by atoms with Crippen LogP contribution < -0.4 is 15.6 Å². The second-order valence-electron chi connectivity index (χ2n) is 13.5. The van der Waals surface area contributed by atoms with Crippen LogP contribution in [0.2, 0.25) is 0 Å². The van der Waals surface area contributed by atoms with Crippen molar-refractivity contribution in [3.63, 3.8) is 0 Å². The van der Waals surface area contributed by atoms with E-state index in [0.29, 0.717) is 47.7 Å². The first-order chi connectivity index (χ1) is 21.0. The second-order valence-corrected chi connectivity index (χ2v) is 14.5. The fourth-order valence-corrected chi connectivity index (χ4v) is 8.23. The number of hydrogen-bond acceptors (Lipinski definition) is 9. The molecule has 3 aromatic heterocycles. The van der Waals surface area contributed by atoms with E-state index in [-0.39, 0.29) is 28.7 Å². The Morgan fingerprint density at radius 2 is 1.86 bits per heavy atom. The zero-order valence-electron chi connectivity index (χ0n) is 25.8.